The average Bonchev–Trinajstić information content (AvgIpc) is 2.58. The van der Waals surface area contributed by atoms with Crippen LogP contribution in [0.15, 0.2) is 53.4 Å². The number of amides is 1. The molecule has 0 saturated carbocycles. The highest BCUT2D eigenvalue weighted by atomic mass is 32.2. The number of carbonyl (C=O) groups is 1. The molecule has 2 aromatic rings. The zero-order valence-corrected chi connectivity index (χ0v) is 17.7. The molecule has 5 nitrogen and oxygen atoms in total. The minimum atomic E-state index is -3.69. The lowest BCUT2D eigenvalue weighted by atomic mass is 10.2. The number of thioether (sulfide) groups is 1. The first-order valence-electron chi connectivity index (χ1n) is 8.68. The highest BCUT2D eigenvalue weighted by molar-refractivity contribution is 8.00. The number of carbonyl (C=O) groups excluding carboxylic acids is 1. The molecular formula is C20H26N2O3S2. The summed E-state index contributed by atoms with van der Waals surface area (Å²) in [6.07, 6.45) is 0. The topological polar surface area (TPSA) is 75.3 Å². The number of sulfonamides is 1. The van der Waals surface area contributed by atoms with Crippen LogP contribution in [-0.4, -0.2) is 31.4 Å². The van der Waals surface area contributed by atoms with Crippen molar-refractivity contribution in [3.63, 3.8) is 0 Å². The van der Waals surface area contributed by atoms with E-state index in [-0.39, 0.29) is 15.5 Å². The van der Waals surface area contributed by atoms with Crippen LogP contribution in [0, 0.1) is 6.92 Å². The van der Waals surface area contributed by atoms with E-state index in [1.807, 2.05) is 6.92 Å². The van der Waals surface area contributed by atoms with Crippen molar-refractivity contribution in [2.45, 2.75) is 37.3 Å². The summed E-state index contributed by atoms with van der Waals surface area (Å²) >= 11 is 1.77. The summed E-state index contributed by atoms with van der Waals surface area (Å²) in [6, 6.07) is 13.1. The maximum absolute atomic E-state index is 12.5. The third-order valence-corrected chi connectivity index (χ3v) is 6.30. The van der Waals surface area contributed by atoms with Gasteiger partial charge < -0.3 is 5.32 Å². The fourth-order valence-corrected chi connectivity index (χ4v) is 4.15. The number of nitrogens with one attached hydrogen (secondary N) is 2. The Morgan fingerprint density at radius 2 is 1.74 bits per heavy atom. The van der Waals surface area contributed by atoms with Crippen LogP contribution < -0.4 is 10.0 Å². The van der Waals surface area contributed by atoms with Gasteiger partial charge in [0, 0.05) is 28.3 Å². The Hall–Kier alpha value is -1.99. The monoisotopic (exact) mass is 406 g/mol. The molecule has 27 heavy (non-hydrogen) atoms. The Labute approximate surface area is 166 Å². The van der Waals surface area contributed by atoms with Gasteiger partial charge in [-0.3, -0.25) is 9.52 Å². The van der Waals surface area contributed by atoms with Crippen molar-refractivity contribution in [2.75, 3.05) is 17.0 Å². The maximum atomic E-state index is 12.5. The molecule has 0 radical (unpaired) electrons. The molecule has 0 atom stereocenters. The van der Waals surface area contributed by atoms with Crippen LogP contribution in [0.1, 0.15) is 36.7 Å². The summed E-state index contributed by atoms with van der Waals surface area (Å²) < 4.78 is 27.6. The zero-order valence-electron chi connectivity index (χ0n) is 16.1. The third kappa shape index (κ3) is 6.92. The van der Waals surface area contributed by atoms with E-state index < -0.39 is 10.0 Å². The maximum Gasteiger partial charge on any atom is 0.261 e. The van der Waals surface area contributed by atoms with Crippen molar-refractivity contribution in [3.05, 3.63) is 59.7 Å². The van der Waals surface area contributed by atoms with Crippen molar-refractivity contribution in [1.29, 1.82) is 0 Å². The van der Waals surface area contributed by atoms with Gasteiger partial charge in [-0.15, -0.1) is 0 Å². The van der Waals surface area contributed by atoms with Crippen molar-refractivity contribution >= 4 is 33.4 Å². The summed E-state index contributed by atoms with van der Waals surface area (Å²) in [5.74, 6) is 0.593. The van der Waals surface area contributed by atoms with Crippen LogP contribution in [-0.2, 0) is 10.0 Å². The summed E-state index contributed by atoms with van der Waals surface area (Å²) in [6.45, 7) is 8.83. The molecule has 146 valence electrons. The normalized spacial score (nSPS) is 11.9. The highest BCUT2D eigenvalue weighted by Crippen LogP contribution is 2.22. The molecule has 0 bridgehead atoms. The number of benzene rings is 2. The molecule has 2 N–H and O–H groups in total. The number of aryl methyl sites for hydroxylation is 1. The first-order valence-corrected chi connectivity index (χ1v) is 11.2. The van der Waals surface area contributed by atoms with Crippen molar-refractivity contribution in [3.8, 4) is 0 Å². The molecule has 7 heteroatoms. The van der Waals surface area contributed by atoms with Gasteiger partial charge in [0.05, 0.1) is 4.90 Å². The van der Waals surface area contributed by atoms with Gasteiger partial charge in [0.15, 0.2) is 0 Å². The quantitative estimate of drug-likeness (QED) is 0.680. The summed E-state index contributed by atoms with van der Waals surface area (Å²) in [7, 11) is -3.69. The SMILES string of the molecule is Cc1ccc(S(=O)(=O)Nc2cccc(C(=O)NCCSC(C)(C)C)c2)cc1. The highest BCUT2D eigenvalue weighted by Gasteiger charge is 2.15. The lowest BCUT2D eigenvalue weighted by molar-refractivity contribution is 0.0956. The van der Waals surface area contributed by atoms with Crippen LogP contribution in [0.5, 0.6) is 0 Å². The second kappa shape index (κ2) is 8.80. The summed E-state index contributed by atoms with van der Waals surface area (Å²) in [4.78, 5) is 12.5. The standard InChI is InChI=1S/C20H26N2O3S2/c1-15-8-10-18(11-9-15)27(24,25)22-17-7-5-6-16(14-17)19(23)21-12-13-26-20(2,3)4/h5-11,14,22H,12-13H2,1-4H3,(H,21,23). The van der Waals surface area contributed by atoms with Gasteiger partial charge in [-0.1, -0.05) is 44.5 Å². The van der Waals surface area contributed by atoms with Crippen molar-refractivity contribution in [1.82, 2.24) is 5.32 Å². The molecule has 2 aromatic carbocycles. The van der Waals surface area contributed by atoms with E-state index in [0.29, 0.717) is 17.8 Å². The third-order valence-electron chi connectivity index (χ3n) is 3.63. The van der Waals surface area contributed by atoms with Crippen LogP contribution in [0.2, 0.25) is 0 Å². The van der Waals surface area contributed by atoms with Crippen LogP contribution >= 0.6 is 11.8 Å². The Morgan fingerprint density at radius 3 is 2.37 bits per heavy atom. The molecule has 0 fully saturated rings. The molecule has 2 rings (SSSR count). The fraction of sp³-hybridized carbons (Fsp3) is 0.350. The minimum Gasteiger partial charge on any atom is -0.351 e. The van der Waals surface area contributed by atoms with E-state index in [0.717, 1.165) is 11.3 Å². The fourth-order valence-electron chi connectivity index (χ4n) is 2.28. The van der Waals surface area contributed by atoms with E-state index in [1.165, 1.54) is 6.07 Å². The minimum absolute atomic E-state index is 0.152. The molecule has 0 unspecified atom stereocenters. The van der Waals surface area contributed by atoms with Crippen LogP contribution in [0.25, 0.3) is 0 Å². The number of hydrogen-bond acceptors (Lipinski definition) is 4. The van der Waals surface area contributed by atoms with Gasteiger partial charge in [0.2, 0.25) is 0 Å². The smallest absolute Gasteiger partial charge is 0.261 e. The molecule has 0 aliphatic heterocycles. The van der Waals surface area contributed by atoms with Crippen molar-refractivity contribution < 1.29 is 13.2 Å². The van der Waals surface area contributed by atoms with Gasteiger partial charge in [-0.25, -0.2) is 8.42 Å². The van der Waals surface area contributed by atoms with Gasteiger partial charge in [0.1, 0.15) is 0 Å². The average molecular weight is 407 g/mol. The molecule has 0 spiro atoms. The second-order valence-electron chi connectivity index (χ2n) is 7.22. The van der Waals surface area contributed by atoms with E-state index in [4.69, 9.17) is 0 Å². The van der Waals surface area contributed by atoms with E-state index in [1.54, 1.807) is 54.2 Å². The molecule has 0 saturated heterocycles. The lowest BCUT2D eigenvalue weighted by Gasteiger charge is -2.17. The summed E-state index contributed by atoms with van der Waals surface area (Å²) in [5, 5.41) is 2.86. The van der Waals surface area contributed by atoms with Crippen LogP contribution in [0.3, 0.4) is 0 Å². The van der Waals surface area contributed by atoms with E-state index >= 15 is 0 Å². The van der Waals surface area contributed by atoms with Gasteiger partial charge >= 0.3 is 0 Å². The first-order chi connectivity index (χ1) is 12.6. The number of hydrogen-bond donors (Lipinski definition) is 2. The largest absolute Gasteiger partial charge is 0.351 e. The molecular weight excluding hydrogens is 380 g/mol. The molecule has 0 aliphatic rings. The molecule has 1 amide bonds. The molecule has 0 aromatic heterocycles. The molecule has 0 aliphatic carbocycles. The zero-order chi connectivity index (χ0) is 20.1. The van der Waals surface area contributed by atoms with E-state index in [9.17, 15) is 13.2 Å². The lowest BCUT2D eigenvalue weighted by Crippen LogP contribution is -2.27. The first kappa shape index (κ1) is 21.3. The van der Waals surface area contributed by atoms with Gasteiger partial charge in [0.25, 0.3) is 15.9 Å². The van der Waals surface area contributed by atoms with Gasteiger partial charge in [-0.05, 0) is 37.3 Å². The van der Waals surface area contributed by atoms with E-state index in [2.05, 4.69) is 30.8 Å². The Bertz CT molecular complexity index is 886. The van der Waals surface area contributed by atoms with Gasteiger partial charge in [-0.2, -0.15) is 11.8 Å². The predicted molar refractivity (Wildman–Crippen MR) is 113 cm³/mol. The van der Waals surface area contributed by atoms with Crippen LogP contribution in [0.4, 0.5) is 5.69 Å². The molecule has 0 heterocycles. The number of anilines is 1. The number of rotatable bonds is 7. The summed E-state index contributed by atoms with van der Waals surface area (Å²) in [5.41, 5.74) is 1.75. The Balaban J connectivity index is 2.02. The predicted octanol–water partition coefficient (Wildman–Crippen LogP) is 4.06. The Morgan fingerprint density at radius 1 is 1.07 bits per heavy atom. The Kier molecular flexibility index (Phi) is 6.95. The van der Waals surface area contributed by atoms with Crippen molar-refractivity contribution in [2.24, 2.45) is 0 Å². The second-order valence-corrected chi connectivity index (χ2v) is 10.8.